The number of nitrogens with zero attached hydrogens (tertiary/aromatic N) is 2. The topological polar surface area (TPSA) is 44.1 Å². The van der Waals surface area contributed by atoms with E-state index in [0.717, 1.165) is 12.1 Å². The largest absolute Gasteiger partial charge is 0.494 e. The molecule has 0 aliphatic carbocycles. The number of methoxy groups -OCH3 is 1. The predicted octanol–water partition coefficient (Wildman–Crippen LogP) is 2.36. The van der Waals surface area contributed by atoms with Crippen molar-refractivity contribution in [3.63, 3.8) is 0 Å². The lowest BCUT2D eigenvalue weighted by Gasteiger charge is -2.04. The van der Waals surface area contributed by atoms with Crippen molar-refractivity contribution in [1.29, 1.82) is 0 Å². The number of aromatic nitrogens is 2. The number of aryl methyl sites for hydroxylation is 2. The van der Waals surface area contributed by atoms with Gasteiger partial charge in [-0.3, -0.25) is 9.48 Å². The van der Waals surface area contributed by atoms with E-state index in [0.29, 0.717) is 5.69 Å². The van der Waals surface area contributed by atoms with Crippen LogP contribution in [0.4, 0.5) is 4.39 Å². The van der Waals surface area contributed by atoms with Gasteiger partial charge in [-0.15, -0.1) is 0 Å². The molecule has 100 valence electrons. The Balaban J connectivity index is 2.38. The van der Waals surface area contributed by atoms with Crippen molar-refractivity contribution in [3.05, 3.63) is 47.0 Å². The third-order valence-corrected chi connectivity index (χ3v) is 2.94. The van der Waals surface area contributed by atoms with Crippen molar-refractivity contribution >= 4 is 5.78 Å². The van der Waals surface area contributed by atoms with Gasteiger partial charge in [-0.05, 0) is 30.7 Å². The molecule has 1 aromatic heterocycles. The third-order valence-electron chi connectivity index (χ3n) is 2.94. The van der Waals surface area contributed by atoms with Crippen LogP contribution in [-0.4, -0.2) is 22.7 Å². The summed E-state index contributed by atoms with van der Waals surface area (Å²) in [5.74, 6) is -0.682. The first-order valence-corrected chi connectivity index (χ1v) is 5.98. The highest BCUT2D eigenvalue weighted by Crippen LogP contribution is 2.20. The van der Waals surface area contributed by atoms with E-state index in [2.05, 4.69) is 5.10 Å². The molecule has 0 aliphatic heterocycles. The van der Waals surface area contributed by atoms with E-state index in [-0.39, 0.29) is 17.1 Å². The maximum atomic E-state index is 13.6. The summed E-state index contributed by atoms with van der Waals surface area (Å²) in [6.45, 7) is 1.96. The molecule has 0 spiro atoms. The summed E-state index contributed by atoms with van der Waals surface area (Å²) >= 11 is 0. The highest BCUT2D eigenvalue weighted by Gasteiger charge is 2.16. The molecule has 0 unspecified atom stereocenters. The molecule has 0 atom stereocenters. The van der Waals surface area contributed by atoms with Gasteiger partial charge in [0.1, 0.15) is 5.69 Å². The minimum absolute atomic E-state index is 0.121. The third kappa shape index (κ3) is 2.50. The smallest absolute Gasteiger partial charge is 0.211 e. The van der Waals surface area contributed by atoms with Crippen LogP contribution in [0.15, 0.2) is 24.3 Å². The van der Waals surface area contributed by atoms with E-state index < -0.39 is 5.82 Å². The number of rotatable bonds is 4. The standard InChI is InChI=1S/C14H15FN2O2/c1-4-10-8-12(17(2)16-10)14(18)9-5-6-13(19-3)11(15)7-9/h5-8H,4H2,1-3H3. The molecule has 1 heterocycles. The molecule has 19 heavy (non-hydrogen) atoms. The van der Waals surface area contributed by atoms with Crippen molar-refractivity contribution < 1.29 is 13.9 Å². The maximum Gasteiger partial charge on any atom is 0.211 e. The fraction of sp³-hybridized carbons (Fsp3) is 0.286. The van der Waals surface area contributed by atoms with Crippen LogP contribution in [0.5, 0.6) is 5.75 Å². The number of halogens is 1. The summed E-state index contributed by atoms with van der Waals surface area (Å²) in [4.78, 5) is 12.3. The second kappa shape index (κ2) is 5.22. The average molecular weight is 262 g/mol. The van der Waals surface area contributed by atoms with Gasteiger partial charge in [0.15, 0.2) is 11.6 Å². The highest BCUT2D eigenvalue weighted by molar-refractivity contribution is 6.08. The molecule has 0 N–H and O–H groups in total. The van der Waals surface area contributed by atoms with Crippen LogP contribution in [0.2, 0.25) is 0 Å². The lowest BCUT2D eigenvalue weighted by atomic mass is 10.1. The normalized spacial score (nSPS) is 10.5. The van der Waals surface area contributed by atoms with Crippen LogP contribution in [0.1, 0.15) is 28.7 Å². The summed E-state index contributed by atoms with van der Waals surface area (Å²) in [6, 6.07) is 5.90. The molecule has 5 heteroatoms. The minimum Gasteiger partial charge on any atom is -0.494 e. The number of hydrogen-bond donors (Lipinski definition) is 0. The minimum atomic E-state index is -0.550. The molecule has 2 aromatic rings. The van der Waals surface area contributed by atoms with Crippen LogP contribution < -0.4 is 4.74 Å². The molecule has 4 nitrogen and oxygen atoms in total. The van der Waals surface area contributed by atoms with E-state index in [1.165, 1.54) is 23.9 Å². The molecule has 0 aliphatic rings. The SMILES string of the molecule is CCc1cc(C(=O)c2ccc(OC)c(F)c2)n(C)n1. The lowest BCUT2D eigenvalue weighted by molar-refractivity contribution is 0.102. The van der Waals surface area contributed by atoms with Crippen molar-refractivity contribution in [2.24, 2.45) is 7.05 Å². The Morgan fingerprint density at radius 3 is 2.68 bits per heavy atom. The number of carbonyl (C=O) groups excluding carboxylic acids is 1. The Morgan fingerprint density at radius 1 is 1.42 bits per heavy atom. The Morgan fingerprint density at radius 2 is 2.16 bits per heavy atom. The molecule has 0 amide bonds. The number of hydrogen-bond acceptors (Lipinski definition) is 3. The van der Waals surface area contributed by atoms with Gasteiger partial charge in [0.2, 0.25) is 5.78 Å². The molecular weight excluding hydrogens is 247 g/mol. The fourth-order valence-electron chi connectivity index (χ4n) is 1.87. The van der Waals surface area contributed by atoms with Gasteiger partial charge in [-0.25, -0.2) is 4.39 Å². The first-order valence-electron chi connectivity index (χ1n) is 5.98. The number of ketones is 1. The summed E-state index contributed by atoms with van der Waals surface area (Å²) in [6.07, 6.45) is 0.748. The van der Waals surface area contributed by atoms with E-state index in [4.69, 9.17) is 4.74 Å². The number of ether oxygens (including phenoxy) is 1. The van der Waals surface area contributed by atoms with Crippen LogP contribution in [0.25, 0.3) is 0 Å². The van der Waals surface area contributed by atoms with Crippen molar-refractivity contribution in [3.8, 4) is 5.75 Å². The van der Waals surface area contributed by atoms with E-state index in [9.17, 15) is 9.18 Å². The monoisotopic (exact) mass is 262 g/mol. The first-order chi connectivity index (χ1) is 9.06. The lowest BCUT2D eigenvalue weighted by Crippen LogP contribution is -2.08. The van der Waals surface area contributed by atoms with Gasteiger partial charge >= 0.3 is 0 Å². The highest BCUT2D eigenvalue weighted by atomic mass is 19.1. The van der Waals surface area contributed by atoms with Gasteiger partial charge < -0.3 is 4.74 Å². The molecular formula is C14H15FN2O2. The molecule has 0 radical (unpaired) electrons. The molecule has 0 saturated heterocycles. The Hall–Kier alpha value is -2.17. The van der Waals surface area contributed by atoms with Gasteiger partial charge in [0, 0.05) is 12.6 Å². The predicted molar refractivity (Wildman–Crippen MR) is 69.0 cm³/mol. The number of carbonyl (C=O) groups is 1. The Labute approximate surface area is 110 Å². The summed E-state index contributed by atoms with van der Waals surface area (Å²) in [7, 11) is 3.08. The van der Waals surface area contributed by atoms with Crippen LogP contribution in [0.3, 0.4) is 0 Å². The summed E-state index contributed by atoms with van der Waals surface area (Å²) in [5.41, 5.74) is 1.56. The molecule has 0 fully saturated rings. The fourth-order valence-corrected chi connectivity index (χ4v) is 1.87. The van der Waals surface area contributed by atoms with E-state index >= 15 is 0 Å². The van der Waals surface area contributed by atoms with Crippen molar-refractivity contribution in [2.45, 2.75) is 13.3 Å². The summed E-state index contributed by atoms with van der Waals surface area (Å²) in [5, 5.41) is 4.21. The Bertz CT molecular complexity index is 620. The maximum absolute atomic E-state index is 13.6. The molecule has 2 rings (SSSR count). The van der Waals surface area contributed by atoms with E-state index in [1.807, 2.05) is 6.92 Å². The van der Waals surface area contributed by atoms with Gasteiger partial charge in [-0.2, -0.15) is 5.10 Å². The zero-order valence-corrected chi connectivity index (χ0v) is 11.1. The second-order valence-corrected chi connectivity index (χ2v) is 4.18. The van der Waals surface area contributed by atoms with Crippen LogP contribution in [0, 0.1) is 5.82 Å². The van der Waals surface area contributed by atoms with Crippen molar-refractivity contribution in [2.75, 3.05) is 7.11 Å². The van der Waals surface area contributed by atoms with Gasteiger partial charge in [0.25, 0.3) is 0 Å². The quantitative estimate of drug-likeness (QED) is 0.794. The zero-order chi connectivity index (χ0) is 14.0. The molecule has 0 bridgehead atoms. The molecule has 1 aromatic carbocycles. The average Bonchev–Trinajstić information content (AvgIpc) is 2.79. The van der Waals surface area contributed by atoms with Crippen LogP contribution >= 0.6 is 0 Å². The van der Waals surface area contributed by atoms with Crippen LogP contribution in [-0.2, 0) is 13.5 Å². The second-order valence-electron chi connectivity index (χ2n) is 4.18. The summed E-state index contributed by atoms with van der Waals surface area (Å²) < 4.78 is 19.9. The first kappa shape index (κ1) is 13.3. The van der Waals surface area contributed by atoms with E-state index in [1.54, 1.807) is 19.2 Å². The zero-order valence-electron chi connectivity index (χ0n) is 11.1. The van der Waals surface area contributed by atoms with Gasteiger partial charge in [-0.1, -0.05) is 6.92 Å². The van der Waals surface area contributed by atoms with Crippen molar-refractivity contribution in [1.82, 2.24) is 9.78 Å². The molecule has 0 saturated carbocycles. The van der Waals surface area contributed by atoms with Gasteiger partial charge in [0.05, 0.1) is 12.8 Å². The number of benzene rings is 1. The Kier molecular flexibility index (Phi) is 3.64.